The van der Waals surface area contributed by atoms with Gasteiger partial charge in [-0.15, -0.1) is 0 Å². The lowest BCUT2D eigenvalue weighted by Crippen LogP contribution is -2.27. The van der Waals surface area contributed by atoms with E-state index in [9.17, 15) is 4.79 Å². The predicted molar refractivity (Wildman–Crippen MR) is 94.5 cm³/mol. The van der Waals surface area contributed by atoms with Crippen LogP contribution < -0.4 is 5.32 Å². The van der Waals surface area contributed by atoms with E-state index in [2.05, 4.69) is 47.4 Å². The van der Waals surface area contributed by atoms with Crippen LogP contribution in [0.1, 0.15) is 16.7 Å². The smallest absolute Gasteiger partial charge is 0.224 e. The molecule has 0 fully saturated rings. The topological polar surface area (TPSA) is 34.0 Å². The molecule has 3 rings (SSSR count). The van der Waals surface area contributed by atoms with E-state index in [1.807, 2.05) is 31.2 Å². The maximum atomic E-state index is 12.1. The number of carbonyl (C=O) groups excluding carboxylic acids is 1. The summed E-state index contributed by atoms with van der Waals surface area (Å²) in [5, 5.41) is 4.30. The van der Waals surface area contributed by atoms with Gasteiger partial charge in [0.15, 0.2) is 0 Å². The number of benzene rings is 2. The minimum atomic E-state index is 0.0829. The van der Waals surface area contributed by atoms with Crippen LogP contribution in [0.5, 0.6) is 0 Å². The first-order valence-electron chi connectivity index (χ1n) is 7.99. The van der Waals surface area contributed by atoms with Crippen molar-refractivity contribution in [2.24, 2.45) is 7.05 Å². The molecule has 0 atom stereocenters. The number of carbonyl (C=O) groups is 1. The lowest BCUT2D eigenvalue weighted by molar-refractivity contribution is -0.120. The molecule has 2 aromatic carbocycles. The Balaban J connectivity index is 1.58. The molecular formula is C20H22N2O. The normalized spacial score (nSPS) is 10.9. The van der Waals surface area contributed by atoms with E-state index in [1.165, 1.54) is 16.5 Å². The summed E-state index contributed by atoms with van der Waals surface area (Å²) in [7, 11) is 2.06. The molecule has 0 saturated carbocycles. The zero-order valence-electron chi connectivity index (χ0n) is 13.7. The molecule has 0 aliphatic rings. The van der Waals surface area contributed by atoms with Crippen LogP contribution >= 0.6 is 0 Å². The highest BCUT2D eigenvalue weighted by molar-refractivity contribution is 5.84. The summed E-state index contributed by atoms with van der Waals surface area (Å²) in [4.78, 5) is 12.1. The summed E-state index contributed by atoms with van der Waals surface area (Å²) in [6, 6.07) is 16.4. The molecule has 0 aliphatic carbocycles. The Labute approximate surface area is 136 Å². The fourth-order valence-corrected chi connectivity index (χ4v) is 3.01. The molecule has 3 nitrogen and oxygen atoms in total. The average molecular weight is 306 g/mol. The Morgan fingerprint density at radius 3 is 2.61 bits per heavy atom. The molecule has 0 saturated heterocycles. The van der Waals surface area contributed by atoms with Crippen molar-refractivity contribution in [3.8, 4) is 0 Å². The maximum Gasteiger partial charge on any atom is 0.224 e. The van der Waals surface area contributed by atoms with Crippen molar-refractivity contribution < 1.29 is 4.79 Å². The van der Waals surface area contributed by atoms with E-state index in [4.69, 9.17) is 0 Å². The van der Waals surface area contributed by atoms with Crippen LogP contribution in [0, 0.1) is 6.92 Å². The average Bonchev–Trinajstić information content (AvgIpc) is 2.87. The Bertz CT molecular complexity index is 833. The first-order valence-corrected chi connectivity index (χ1v) is 7.99. The minimum Gasteiger partial charge on any atom is -0.355 e. The minimum absolute atomic E-state index is 0.0829. The lowest BCUT2D eigenvalue weighted by atomic mass is 10.1. The van der Waals surface area contributed by atoms with Gasteiger partial charge in [-0.3, -0.25) is 4.79 Å². The Morgan fingerprint density at radius 1 is 1.04 bits per heavy atom. The molecule has 1 amide bonds. The van der Waals surface area contributed by atoms with Crippen LogP contribution in [-0.4, -0.2) is 17.0 Å². The SMILES string of the molecule is Cc1ccccc1CC(=O)NCCc1cn(C)c2ccccc12. The van der Waals surface area contributed by atoms with E-state index in [0.717, 1.165) is 17.5 Å². The van der Waals surface area contributed by atoms with Gasteiger partial charge < -0.3 is 9.88 Å². The first kappa shape index (κ1) is 15.3. The third-order valence-electron chi connectivity index (χ3n) is 4.31. The van der Waals surface area contributed by atoms with Crippen molar-refractivity contribution in [3.63, 3.8) is 0 Å². The summed E-state index contributed by atoms with van der Waals surface area (Å²) < 4.78 is 2.14. The first-order chi connectivity index (χ1) is 11.1. The third-order valence-corrected chi connectivity index (χ3v) is 4.31. The Morgan fingerprint density at radius 2 is 1.78 bits per heavy atom. The van der Waals surface area contributed by atoms with Gasteiger partial charge in [-0.25, -0.2) is 0 Å². The third kappa shape index (κ3) is 3.45. The van der Waals surface area contributed by atoms with E-state index in [-0.39, 0.29) is 5.91 Å². The van der Waals surface area contributed by atoms with Crippen LogP contribution in [0.15, 0.2) is 54.7 Å². The summed E-state index contributed by atoms with van der Waals surface area (Å²) >= 11 is 0. The number of aromatic nitrogens is 1. The van der Waals surface area contributed by atoms with Crippen molar-refractivity contribution in [2.45, 2.75) is 19.8 Å². The molecule has 3 heteroatoms. The summed E-state index contributed by atoms with van der Waals surface area (Å²) in [6.07, 6.45) is 3.45. The van der Waals surface area contributed by atoms with Gasteiger partial charge in [-0.2, -0.15) is 0 Å². The van der Waals surface area contributed by atoms with Gasteiger partial charge in [0.2, 0.25) is 5.91 Å². The second kappa shape index (κ2) is 6.69. The summed E-state index contributed by atoms with van der Waals surface area (Å²) in [6.45, 7) is 2.71. The molecule has 0 bridgehead atoms. The molecule has 1 aromatic heterocycles. The molecule has 0 unspecified atom stereocenters. The second-order valence-corrected chi connectivity index (χ2v) is 5.99. The highest BCUT2D eigenvalue weighted by atomic mass is 16.1. The standard InChI is InChI=1S/C20H22N2O/c1-15-7-3-4-8-16(15)13-20(23)21-12-11-17-14-22(2)19-10-6-5-9-18(17)19/h3-10,14H,11-13H2,1-2H3,(H,21,23). The number of hydrogen-bond donors (Lipinski definition) is 1. The number of rotatable bonds is 5. The van der Waals surface area contributed by atoms with Crippen molar-refractivity contribution in [1.82, 2.24) is 9.88 Å². The number of hydrogen-bond acceptors (Lipinski definition) is 1. The maximum absolute atomic E-state index is 12.1. The van der Waals surface area contributed by atoms with Crippen LogP contribution in [-0.2, 0) is 24.7 Å². The molecule has 23 heavy (non-hydrogen) atoms. The predicted octanol–water partition coefficient (Wildman–Crippen LogP) is 3.39. The van der Waals surface area contributed by atoms with Gasteiger partial charge in [0.05, 0.1) is 6.42 Å². The molecule has 0 radical (unpaired) electrons. The quantitative estimate of drug-likeness (QED) is 0.770. The van der Waals surface area contributed by atoms with Gasteiger partial charge in [-0.05, 0) is 36.1 Å². The van der Waals surface area contributed by atoms with Crippen LogP contribution in [0.2, 0.25) is 0 Å². The molecule has 1 heterocycles. The lowest BCUT2D eigenvalue weighted by Gasteiger charge is -2.07. The van der Waals surface area contributed by atoms with Crippen molar-refractivity contribution in [3.05, 3.63) is 71.4 Å². The highest BCUT2D eigenvalue weighted by Gasteiger charge is 2.08. The van der Waals surface area contributed by atoms with Gasteiger partial charge in [0.25, 0.3) is 0 Å². The van der Waals surface area contributed by atoms with E-state index in [1.54, 1.807) is 0 Å². The van der Waals surface area contributed by atoms with Crippen molar-refractivity contribution >= 4 is 16.8 Å². The second-order valence-electron chi connectivity index (χ2n) is 5.99. The van der Waals surface area contributed by atoms with Gasteiger partial charge >= 0.3 is 0 Å². The number of fused-ring (bicyclic) bond motifs is 1. The zero-order valence-corrected chi connectivity index (χ0v) is 13.7. The molecule has 0 aliphatic heterocycles. The van der Waals surface area contributed by atoms with E-state index in [0.29, 0.717) is 13.0 Å². The molecule has 3 aromatic rings. The summed E-state index contributed by atoms with van der Waals surface area (Å²) in [5.74, 6) is 0.0829. The van der Waals surface area contributed by atoms with Gasteiger partial charge in [-0.1, -0.05) is 42.5 Å². The van der Waals surface area contributed by atoms with Crippen molar-refractivity contribution in [2.75, 3.05) is 6.54 Å². The Kier molecular flexibility index (Phi) is 4.47. The zero-order chi connectivity index (χ0) is 16.2. The number of para-hydroxylation sites is 1. The molecule has 118 valence electrons. The van der Waals surface area contributed by atoms with Gasteiger partial charge in [0, 0.05) is 30.7 Å². The van der Waals surface area contributed by atoms with E-state index >= 15 is 0 Å². The van der Waals surface area contributed by atoms with Crippen LogP contribution in [0.25, 0.3) is 10.9 Å². The van der Waals surface area contributed by atoms with Crippen LogP contribution in [0.3, 0.4) is 0 Å². The largest absolute Gasteiger partial charge is 0.355 e. The summed E-state index contributed by atoms with van der Waals surface area (Å²) in [5.41, 5.74) is 4.76. The number of aryl methyl sites for hydroxylation is 2. The molecular weight excluding hydrogens is 284 g/mol. The fourth-order valence-electron chi connectivity index (χ4n) is 3.01. The van der Waals surface area contributed by atoms with E-state index < -0.39 is 0 Å². The van der Waals surface area contributed by atoms with Crippen molar-refractivity contribution in [1.29, 1.82) is 0 Å². The number of amides is 1. The van der Waals surface area contributed by atoms with Gasteiger partial charge in [0.1, 0.15) is 0 Å². The number of nitrogens with zero attached hydrogens (tertiary/aromatic N) is 1. The van der Waals surface area contributed by atoms with Crippen LogP contribution in [0.4, 0.5) is 0 Å². The Hall–Kier alpha value is -2.55. The fraction of sp³-hybridized carbons (Fsp3) is 0.250. The molecule has 1 N–H and O–H groups in total. The highest BCUT2D eigenvalue weighted by Crippen LogP contribution is 2.20. The number of nitrogens with one attached hydrogen (secondary N) is 1. The monoisotopic (exact) mass is 306 g/mol. The molecule has 0 spiro atoms.